The number of nitrogens with one attached hydrogen (secondary N) is 1. The topological polar surface area (TPSA) is 107 Å². The number of hydrogen-bond donors (Lipinski definition) is 3. The lowest BCUT2D eigenvalue weighted by Crippen LogP contribution is -2.34. The molecule has 0 heterocycles. The van der Waals surface area contributed by atoms with Crippen molar-refractivity contribution in [3.05, 3.63) is 24.3 Å². The van der Waals surface area contributed by atoms with E-state index in [1.54, 1.807) is 38.1 Å². The second kappa shape index (κ2) is 6.75. The molecule has 0 aliphatic rings. The normalized spacial score (nSPS) is 13.4. The van der Waals surface area contributed by atoms with Crippen molar-refractivity contribution in [2.45, 2.75) is 19.9 Å². The number of carbonyl (C=O) groups excluding carboxylic acids is 2. The summed E-state index contributed by atoms with van der Waals surface area (Å²) in [5.41, 5.74) is 11.2. The molecule has 2 amide bonds. The number of rotatable bonds is 6. The summed E-state index contributed by atoms with van der Waals surface area (Å²) in [5, 5.41) is 2.74. The summed E-state index contributed by atoms with van der Waals surface area (Å²) in [6.45, 7) is 3.33. The van der Waals surface area contributed by atoms with Crippen molar-refractivity contribution in [1.82, 2.24) is 0 Å². The SMILES string of the molecule is CC(N)C(C)C(=O)Nc1cccc(OCC(N)=O)c1. The van der Waals surface area contributed by atoms with Crippen molar-refractivity contribution in [3.8, 4) is 5.75 Å². The number of anilines is 1. The van der Waals surface area contributed by atoms with Crippen LogP contribution in [-0.4, -0.2) is 24.5 Å². The van der Waals surface area contributed by atoms with Crippen LogP contribution in [0.1, 0.15) is 13.8 Å². The van der Waals surface area contributed by atoms with Crippen LogP contribution in [0, 0.1) is 5.92 Å². The zero-order chi connectivity index (χ0) is 14.4. The molecule has 5 N–H and O–H groups in total. The highest BCUT2D eigenvalue weighted by atomic mass is 16.5. The van der Waals surface area contributed by atoms with E-state index in [4.69, 9.17) is 16.2 Å². The highest BCUT2D eigenvalue weighted by Gasteiger charge is 2.17. The monoisotopic (exact) mass is 265 g/mol. The van der Waals surface area contributed by atoms with Gasteiger partial charge in [-0.1, -0.05) is 13.0 Å². The van der Waals surface area contributed by atoms with E-state index in [0.29, 0.717) is 11.4 Å². The van der Waals surface area contributed by atoms with Crippen LogP contribution in [-0.2, 0) is 9.59 Å². The molecule has 1 rings (SSSR count). The number of amides is 2. The molecule has 0 aliphatic carbocycles. The second-order valence-electron chi connectivity index (χ2n) is 4.42. The number of primary amides is 1. The standard InChI is InChI=1S/C13H19N3O3/c1-8(9(2)14)13(18)16-10-4-3-5-11(6-10)19-7-12(15)17/h3-6,8-9H,7,14H2,1-2H3,(H2,15,17)(H,16,18). The average molecular weight is 265 g/mol. The van der Waals surface area contributed by atoms with Gasteiger partial charge in [0, 0.05) is 17.8 Å². The highest BCUT2D eigenvalue weighted by molar-refractivity contribution is 5.92. The first-order chi connectivity index (χ1) is 8.90. The summed E-state index contributed by atoms with van der Waals surface area (Å²) in [6.07, 6.45) is 0. The summed E-state index contributed by atoms with van der Waals surface area (Å²) >= 11 is 0. The molecule has 0 radical (unpaired) electrons. The van der Waals surface area contributed by atoms with Crippen LogP contribution >= 0.6 is 0 Å². The van der Waals surface area contributed by atoms with E-state index >= 15 is 0 Å². The summed E-state index contributed by atoms with van der Waals surface area (Å²) < 4.78 is 5.15. The summed E-state index contributed by atoms with van der Waals surface area (Å²) in [4.78, 5) is 22.4. The molecule has 1 aromatic rings. The quantitative estimate of drug-likeness (QED) is 0.695. The van der Waals surface area contributed by atoms with Crippen molar-refractivity contribution in [1.29, 1.82) is 0 Å². The number of carbonyl (C=O) groups is 2. The molecule has 19 heavy (non-hydrogen) atoms. The largest absolute Gasteiger partial charge is 0.484 e. The molecule has 0 saturated heterocycles. The third-order valence-corrected chi connectivity index (χ3v) is 2.68. The summed E-state index contributed by atoms with van der Waals surface area (Å²) in [6, 6.07) is 6.50. The molecule has 2 unspecified atom stereocenters. The number of nitrogens with two attached hydrogens (primary N) is 2. The fraction of sp³-hybridized carbons (Fsp3) is 0.385. The first-order valence-electron chi connectivity index (χ1n) is 5.97. The van der Waals surface area contributed by atoms with Crippen LogP contribution in [0.5, 0.6) is 5.75 Å². The number of ether oxygens (including phenoxy) is 1. The number of hydrogen-bond acceptors (Lipinski definition) is 4. The van der Waals surface area contributed by atoms with Crippen molar-refractivity contribution >= 4 is 17.5 Å². The lowest BCUT2D eigenvalue weighted by molar-refractivity contribution is -0.120. The first kappa shape index (κ1) is 15.0. The molecule has 0 fully saturated rings. The molecule has 6 nitrogen and oxygen atoms in total. The fourth-order valence-corrected chi connectivity index (χ4v) is 1.31. The van der Waals surface area contributed by atoms with E-state index in [2.05, 4.69) is 5.32 Å². The molecule has 0 aliphatic heterocycles. The van der Waals surface area contributed by atoms with Gasteiger partial charge in [0.1, 0.15) is 5.75 Å². The molecule has 0 aromatic heterocycles. The van der Waals surface area contributed by atoms with Gasteiger partial charge in [-0.05, 0) is 19.1 Å². The zero-order valence-corrected chi connectivity index (χ0v) is 11.1. The van der Waals surface area contributed by atoms with Gasteiger partial charge in [-0.25, -0.2) is 0 Å². The molecular formula is C13H19N3O3. The highest BCUT2D eigenvalue weighted by Crippen LogP contribution is 2.18. The summed E-state index contributed by atoms with van der Waals surface area (Å²) in [7, 11) is 0. The third-order valence-electron chi connectivity index (χ3n) is 2.68. The van der Waals surface area contributed by atoms with Crippen molar-refractivity contribution in [2.24, 2.45) is 17.4 Å². The molecule has 2 atom stereocenters. The lowest BCUT2D eigenvalue weighted by Gasteiger charge is -2.15. The van der Waals surface area contributed by atoms with Crippen LogP contribution in [0.15, 0.2) is 24.3 Å². The van der Waals surface area contributed by atoms with E-state index in [1.165, 1.54) is 0 Å². The Morgan fingerprint density at radius 3 is 2.63 bits per heavy atom. The minimum atomic E-state index is -0.556. The lowest BCUT2D eigenvalue weighted by atomic mass is 10.0. The molecule has 0 saturated carbocycles. The van der Waals surface area contributed by atoms with Gasteiger partial charge >= 0.3 is 0 Å². The molecule has 0 bridgehead atoms. The first-order valence-corrected chi connectivity index (χ1v) is 5.97. The fourth-order valence-electron chi connectivity index (χ4n) is 1.31. The van der Waals surface area contributed by atoms with Gasteiger partial charge in [-0.15, -0.1) is 0 Å². The molecule has 0 spiro atoms. The van der Waals surface area contributed by atoms with Crippen LogP contribution in [0.25, 0.3) is 0 Å². The van der Waals surface area contributed by atoms with Gasteiger partial charge in [-0.3, -0.25) is 9.59 Å². The molecular weight excluding hydrogens is 246 g/mol. The Hall–Kier alpha value is -2.08. The maximum absolute atomic E-state index is 11.8. The third kappa shape index (κ3) is 4.97. The minimum Gasteiger partial charge on any atom is -0.484 e. The van der Waals surface area contributed by atoms with Gasteiger partial charge < -0.3 is 21.5 Å². The Labute approximate surface area is 112 Å². The van der Waals surface area contributed by atoms with E-state index in [0.717, 1.165) is 0 Å². The molecule has 1 aromatic carbocycles. The Morgan fingerprint density at radius 1 is 1.37 bits per heavy atom. The van der Waals surface area contributed by atoms with Crippen LogP contribution in [0.2, 0.25) is 0 Å². The van der Waals surface area contributed by atoms with Crippen LogP contribution in [0.3, 0.4) is 0 Å². The van der Waals surface area contributed by atoms with Crippen molar-refractivity contribution in [2.75, 3.05) is 11.9 Å². The average Bonchev–Trinajstić information content (AvgIpc) is 2.35. The van der Waals surface area contributed by atoms with Crippen molar-refractivity contribution in [3.63, 3.8) is 0 Å². The minimum absolute atomic E-state index is 0.165. The molecule has 6 heteroatoms. The maximum atomic E-state index is 11.8. The van der Waals surface area contributed by atoms with Crippen molar-refractivity contribution < 1.29 is 14.3 Å². The maximum Gasteiger partial charge on any atom is 0.255 e. The van der Waals surface area contributed by atoms with E-state index in [9.17, 15) is 9.59 Å². The Balaban J connectivity index is 2.66. The Morgan fingerprint density at radius 2 is 2.05 bits per heavy atom. The number of benzene rings is 1. The van der Waals surface area contributed by atoms with Gasteiger partial charge in [0.05, 0.1) is 5.92 Å². The molecule has 104 valence electrons. The zero-order valence-electron chi connectivity index (χ0n) is 11.1. The van der Waals surface area contributed by atoms with E-state index < -0.39 is 5.91 Å². The van der Waals surface area contributed by atoms with E-state index in [1.807, 2.05) is 0 Å². The Kier molecular flexibility index (Phi) is 5.32. The van der Waals surface area contributed by atoms with Gasteiger partial charge in [-0.2, -0.15) is 0 Å². The second-order valence-corrected chi connectivity index (χ2v) is 4.42. The predicted octanol–water partition coefficient (Wildman–Crippen LogP) is 0.472. The summed E-state index contributed by atoms with van der Waals surface area (Å²) in [5.74, 6) is -0.553. The predicted molar refractivity (Wildman–Crippen MR) is 72.6 cm³/mol. The van der Waals surface area contributed by atoms with Crippen LogP contribution in [0.4, 0.5) is 5.69 Å². The van der Waals surface area contributed by atoms with E-state index in [-0.39, 0.29) is 24.5 Å². The Bertz CT molecular complexity index is 460. The van der Waals surface area contributed by atoms with Gasteiger partial charge in [0.25, 0.3) is 5.91 Å². The van der Waals surface area contributed by atoms with Gasteiger partial charge in [0.15, 0.2) is 6.61 Å². The van der Waals surface area contributed by atoms with Crippen LogP contribution < -0.4 is 21.5 Å². The smallest absolute Gasteiger partial charge is 0.255 e. The van der Waals surface area contributed by atoms with Gasteiger partial charge in [0.2, 0.25) is 5.91 Å².